The smallest absolute Gasteiger partial charge is 0.227 e. The molecule has 4 rings (SSSR count). The fourth-order valence-corrected chi connectivity index (χ4v) is 3.79. The molecule has 2 N–H and O–H groups in total. The van der Waals surface area contributed by atoms with Crippen molar-refractivity contribution >= 4 is 16.8 Å². The molecular formula is C17H21N3O. The summed E-state index contributed by atoms with van der Waals surface area (Å²) in [4.78, 5) is 18.3. The minimum absolute atomic E-state index is 0.150. The normalized spacial score (nSPS) is 25.3. The maximum atomic E-state index is 12.8. The number of fused-ring (bicyclic) bond motifs is 3. The van der Waals surface area contributed by atoms with E-state index in [0.717, 1.165) is 32.5 Å². The van der Waals surface area contributed by atoms with Crippen LogP contribution in [0, 0.1) is 5.92 Å². The Labute approximate surface area is 124 Å². The summed E-state index contributed by atoms with van der Waals surface area (Å²) in [6.07, 6.45) is 1.90. The second-order valence-electron chi connectivity index (χ2n) is 6.28. The van der Waals surface area contributed by atoms with E-state index in [1.165, 1.54) is 22.2 Å². The van der Waals surface area contributed by atoms with Crippen molar-refractivity contribution in [1.82, 2.24) is 15.2 Å². The molecule has 1 amide bonds. The Morgan fingerprint density at radius 1 is 1.33 bits per heavy atom. The Balaban J connectivity index is 1.62. The van der Waals surface area contributed by atoms with E-state index in [2.05, 4.69) is 46.4 Å². The minimum atomic E-state index is 0.150. The van der Waals surface area contributed by atoms with Gasteiger partial charge in [0.05, 0.1) is 5.92 Å². The van der Waals surface area contributed by atoms with Crippen LogP contribution in [0.3, 0.4) is 0 Å². The topological polar surface area (TPSA) is 48.1 Å². The van der Waals surface area contributed by atoms with Crippen molar-refractivity contribution in [3.63, 3.8) is 0 Å². The number of hydrogen-bond donors (Lipinski definition) is 2. The Morgan fingerprint density at radius 2 is 2.19 bits per heavy atom. The molecule has 0 radical (unpaired) electrons. The van der Waals surface area contributed by atoms with Crippen molar-refractivity contribution in [3.8, 4) is 0 Å². The molecule has 2 aliphatic heterocycles. The second kappa shape index (κ2) is 4.88. The summed E-state index contributed by atoms with van der Waals surface area (Å²) in [7, 11) is 0. The van der Waals surface area contributed by atoms with E-state index < -0.39 is 0 Å². The lowest BCUT2D eigenvalue weighted by molar-refractivity contribution is -0.136. The summed E-state index contributed by atoms with van der Waals surface area (Å²) >= 11 is 0. The second-order valence-corrected chi connectivity index (χ2v) is 6.28. The average Bonchev–Trinajstić information content (AvgIpc) is 3.09. The number of carbonyl (C=O) groups excluding carboxylic acids is 1. The van der Waals surface area contributed by atoms with E-state index in [1.54, 1.807) is 0 Å². The zero-order valence-electron chi connectivity index (χ0n) is 12.4. The quantitative estimate of drug-likeness (QED) is 0.841. The minimum Gasteiger partial charge on any atom is -0.358 e. The molecule has 1 fully saturated rings. The number of para-hydroxylation sites is 1. The molecule has 0 saturated carbocycles. The Morgan fingerprint density at radius 3 is 3.00 bits per heavy atom. The highest BCUT2D eigenvalue weighted by atomic mass is 16.2. The van der Waals surface area contributed by atoms with Gasteiger partial charge in [-0.25, -0.2) is 0 Å². The molecule has 3 heterocycles. The molecule has 1 saturated heterocycles. The first kappa shape index (κ1) is 12.9. The number of H-pyrrole nitrogens is 1. The van der Waals surface area contributed by atoms with Crippen LogP contribution in [0.2, 0.25) is 0 Å². The van der Waals surface area contributed by atoms with Gasteiger partial charge in [-0.15, -0.1) is 0 Å². The maximum absolute atomic E-state index is 12.8. The highest BCUT2D eigenvalue weighted by molar-refractivity contribution is 5.86. The van der Waals surface area contributed by atoms with Gasteiger partial charge < -0.3 is 15.2 Å². The zero-order chi connectivity index (χ0) is 14.4. The number of aromatic amines is 1. The first-order valence-electron chi connectivity index (χ1n) is 7.84. The van der Waals surface area contributed by atoms with Crippen LogP contribution in [0.15, 0.2) is 24.3 Å². The van der Waals surface area contributed by atoms with Crippen LogP contribution in [-0.4, -0.2) is 34.9 Å². The lowest BCUT2D eigenvalue weighted by Crippen LogP contribution is -2.42. The Kier molecular flexibility index (Phi) is 3.00. The fourth-order valence-electron chi connectivity index (χ4n) is 3.79. The third-order valence-corrected chi connectivity index (χ3v) is 5.04. The van der Waals surface area contributed by atoms with Crippen LogP contribution >= 0.6 is 0 Å². The number of carbonyl (C=O) groups is 1. The van der Waals surface area contributed by atoms with Gasteiger partial charge in [-0.2, -0.15) is 0 Å². The van der Waals surface area contributed by atoms with Gasteiger partial charge in [-0.1, -0.05) is 18.2 Å². The molecule has 1 aromatic carbocycles. The van der Waals surface area contributed by atoms with Crippen molar-refractivity contribution in [3.05, 3.63) is 35.5 Å². The Hall–Kier alpha value is -1.81. The standard InChI is InChI=1S/C17H21N3O/c1-11-12(6-8-18-11)17(21)20-9-7-16-14(10-20)13-4-2-3-5-15(13)19-16/h2-5,11-12,18-19H,6-10H2,1H3. The molecule has 110 valence electrons. The maximum Gasteiger partial charge on any atom is 0.227 e. The number of hydrogen-bond acceptors (Lipinski definition) is 2. The van der Waals surface area contributed by atoms with Gasteiger partial charge in [0.1, 0.15) is 0 Å². The zero-order valence-corrected chi connectivity index (χ0v) is 12.4. The summed E-state index contributed by atoms with van der Waals surface area (Å²) in [5.41, 5.74) is 3.80. The predicted octanol–water partition coefficient (Wildman–Crippen LogP) is 2.05. The van der Waals surface area contributed by atoms with Gasteiger partial charge in [-0.05, 0) is 26.0 Å². The van der Waals surface area contributed by atoms with Gasteiger partial charge >= 0.3 is 0 Å². The van der Waals surface area contributed by atoms with Crippen LogP contribution in [0.1, 0.15) is 24.6 Å². The number of amides is 1. The monoisotopic (exact) mass is 283 g/mol. The molecule has 2 aliphatic rings. The van der Waals surface area contributed by atoms with Crippen molar-refractivity contribution in [2.45, 2.75) is 32.4 Å². The molecule has 21 heavy (non-hydrogen) atoms. The van der Waals surface area contributed by atoms with Crippen molar-refractivity contribution in [2.75, 3.05) is 13.1 Å². The van der Waals surface area contributed by atoms with Crippen LogP contribution < -0.4 is 5.32 Å². The number of rotatable bonds is 1. The number of aromatic nitrogens is 1. The van der Waals surface area contributed by atoms with Crippen LogP contribution in [0.25, 0.3) is 10.9 Å². The molecule has 0 spiro atoms. The SMILES string of the molecule is CC1NCCC1C(=O)N1CCc2[nH]c3ccccc3c2C1. The van der Waals surface area contributed by atoms with Crippen molar-refractivity contribution in [2.24, 2.45) is 5.92 Å². The van der Waals surface area contributed by atoms with E-state index in [0.29, 0.717) is 11.9 Å². The van der Waals surface area contributed by atoms with E-state index in [-0.39, 0.29) is 5.92 Å². The Bertz CT molecular complexity index is 690. The molecule has 4 nitrogen and oxygen atoms in total. The van der Waals surface area contributed by atoms with E-state index in [4.69, 9.17) is 0 Å². The predicted molar refractivity (Wildman–Crippen MR) is 83.0 cm³/mol. The van der Waals surface area contributed by atoms with Gasteiger partial charge in [0.25, 0.3) is 0 Å². The van der Waals surface area contributed by atoms with E-state index in [1.807, 2.05) is 0 Å². The van der Waals surface area contributed by atoms with E-state index in [9.17, 15) is 4.79 Å². The molecule has 0 bridgehead atoms. The van der Waals surface area contributed by atoms with Gasteiger partial charge in [-0.3, -0.25) is 4.79 Å². The van der Waals surface area contributed by atoms with Gasteiger partial charge in [0.2, 0.25) is 5.91 Å². The molecule has 1 aromatic heterocycles. The summed E-state index contributed by atoms with van der Waals surface area (Å²) in [5, 5.41) is 4.65. The number of nitrogens with zero attached hydrogens (tertiary/aromatic N) is 1. The molecule has 4 heteroatoms. The lowest BCUT2D eigenvalue weighted by Gasteiger charge is -2.30. The first-order valence-corrected chi connectivity index (χ1v) is 7.84. The van der Waals surface area contributed by atoms with Crippen molar-refractivity contribution in [1.29, 1.82) is 0 Å². The average molecular weight is 283 g/mol. The fraction of sp³-hybridized carbons (Fsp3) is 0.471. The summed E-state index contributed by atoms with van der Waals surface area (Å²) in [5.74, 6) is 0.472. The van der Waals surface area contributed by atoms with Crippen LogP contribution in [0.4, 0.5) is 0 Å². The molecule has 0 aliphatic carbocycles. The third kappa shape index (κ3) is 2.05. The first-order chi connectivity index (χ1) is 10.2. The summed E-state index contributed by atoms with van der Waals surface area (Å²) < 4.78 is 0. The lowest BCUT2D eigenvalue weighted by atomic mass is 9.97. The summed E-state index contributed by atoms with van der Waals surface area (Å²) in [6, 6.07) is 8.70. The number of benzene rings is 1. The molecule has 2 atom stereocenters. The van der Waals surface area contributed by atoms with Gasteiger partial charge in [0.15, 0.2) is 0 Å². The summed E-state index contributed by atoms with van der Waals surface area (Å²) in [6.45, 7) is 4.67. The van der Waals surface area contributed by atoms with E-state index >= 15 is 0 Å². The highest BCUT2D eigenvalue weighted by Crippen LogP contribution is 2.29. The third-order valence-electron chi connectivity index (χ3n) is 5.04. The molecule has 2 aromatic rings. The number of nitrogens with one attached hydrogen (secondary N) is 2. The molecular weight excluding hydrogens is 262 g/mol. The van der Waals surface area contributed by atoms with Gasteiger partial charge in [0, 0.05) is 47.7 Å². The highest BCUT2D eigenvalue weighted by Gasteiger charge is 2.34. The van der Waals surface area contributed by atoms with Crippen LogP contribution in [0.5, 0.6) is 0 Å². The van der Waals surface area contributed by atoms with Crippen molar-refractivity contribution < 1.29 is 4.79 Å². The largest absolute Gasteiger partial charge is 0.358 e. The molecule has 2 unspecified atom stereocenters. The van der Waals surface area contributed by atoms with Crippen LogP contribution in [-0.2, 0) is 17.8 Å².